The first kappa shape index (κ1) is 13.7. The molecule has 0 aliphatic carbocycles. The summed E-state index contributed by atoms with van der Waals surface area (Å²) in [6.07, 6.45) is 1.85. The highest BCUT2D eigenvalue weighted by Gasteiger charge is 2.18. The lowest BCUT2D eigenvalue weighted by molar-refractivity contribution is 0.555. The molecule has 102 valence electrons. The largest absolute Gasteiger partial charge is 0.266 e. The van der Waals surface area contributed by atoms with Crippen LogP contribution in [0.2, 0.25) is 0 Å². The molecule has 2 rings (SSSR count). The predicted octanol–water partition coefficient (Wildman–Crippen LogP) is 1.46. The number of benzene rings is 1. The second-order valence-corrected chi connectivity index (χ2v) is 5.96. The number of nitrogens with zero attached hydrogens (tertiary/aromatic N) is 1. The van der Waals surface area contributed by atoms with Crippen LogP contribution >= 0.6 is 0 Å². The van der Waals surface area contributed by atoms with Crippen molar-refractivity contribution < 1.29 is 12.8 Å². The van der Waals surface area contributed by atoms with Crippen LogP contribution in [0.5, 0.6) is 0 Å². The molecule has 0 aliphatic rings. The molecular weight excluding hydrogens is 269 g/mol. The zero-order valence-electron chi connectivity index (χ0n) is 10.3. The normalized spacial score (nSPS) is 13.4. The molecule has 1 heterocycles. The number of sulfonamides is 1. The van der Waals surface area contributed by atoms with Gasteiger partial charge in [0.2, 0.25) is 0 Å². The molecule has 0 spiro atoms. The third-order valence-corrected chi connectivity index (χ3v) is 4.10. The van der Waals surface area contributed by atoms with Crippen molar-refractivity contribution in [2.24, 2.45) is 0 Å². The van der Waals surface area contributed by atoms with Crippen LogP contribution < -0.4 is 4.72 Å². The van der Waals surface area contributed by atoms with E-state index in [0.29, 0.717) is 6.42 Å². The van der Waals surface area contributed by atoms with Crippen molar-refractivity contribution in [2.75, 3.05) is 0 Å². The number of H-pyrrole nitrogens is 1. The molecule has 1 aromatic heterocycles. The highest BCUT2D eigenvalue weighted by molar-refractivity contribution is 7.89. The first-order chi connectivity index (χ1) is 8.97. The predicted molar refractivity (Wildman–Crippen MR) is 68.5 cm³/mol. The molecule has 0 radical (unpaired) electrons. The van der Waals surface area contributed by atoms with Crippen LogP contribution in [0.25, 0.3) is 0 Å². The molecule has 0 saturated heterocycles. The van der Waals surface area contributed by atoms with Gasteiger partial charge < -0.3 is 0 Å². The second-order valence-electron chi connectivity index (χ2n) is 4.27. The SMILES string of the molecule is CC(Cc1ccc(F)cc1)NS(=O)(=O)c1ccn[nH]1. The summed E-state index contributed by atoms with van der Waals surface area (Å²) in [6.45, 7) is 1.75. The fraction of sp³-hybridized carbons (Fsp3) is 0.250. The Kier molecular flexibility index (Phi) is 3.96. The minimum Gasteiger partial charge on any atom is -0.266 e. The van der Waals surface area contributed by atoms with E-state index in [4.69, 9.17) is 0 Å². The van der Waals surface area contributed by atoms with Crippen LogP contribution in [0, 0.1) is 5.82 Å². The zero-order chi connectivity index (χ0) is 13.9. The summed E-state index contributed by atoms with van der Waals surface area (Å²) in [4.78, 5) is 0. The smallest absolute Gasteiger partial charge is 0.257 e. The van der Waals surface area contributed by atoms with Gasteiger partial charge in [0.05, 0.1) is 6.20 Å². The van der Waals surface area contributed by atoms with Crippen LogP contribution in [0.4, 0.5) is 4.39 Å². The van der Waals surface area contributed by atoms with Crippen molar-refractivity contribution >= 4 is 10.0 Å². The Morgan fingerprint density at radius 2 is 2.00 bits per heavy atom. The third-order valence-electron chi connectivity index (χ3n) is 2.58. The van der Waals surface area contributed by atoms with Gasteiger partial charge in [0, 0.05) is 6.04 Å². The van der Waals surface area contributed by atoms with Gasteiger partial charge in [-0.1, -0.05) is 12.1 Å². The number of aromatic nitrogens is 2. The Morgan fingerprint density at radius 3 is 2.58 bits per heavy atom. The highest BCUT2D eigenvalue weighted by atomic mass is 32.2. The monoisotopic (exact) mass is 283 g/mol. The summed E-state index contributed by atoms with van der Waals surface area (Å²) in [6, 6.07) is 7.05. The molecule has 7 heteroatoms. The molecule has 2 aromatic rings. The Morgan fingerprint density at radius 1 is 1.32 bits per heavy atom. The van der Waals surface area contributed by atoms with Gasteiger partial charge in [0.25, 0.3) is 10.0 Å². The molecule has 5 nitrogen and oxygen atoms in total. The number of rotatable bonds is 5. The third kappa shape index (κ3) is 3.62. The van der Waals surface area contributed by atoms with E-state index in [1.54, 1.807) is 19.1 Å². The molecule has 0 saturated carbocycles. The van der Waals surface area contributed by atoms with E-state index in [1.165, 1.54) is 24.4 Å². The zero-order valence-corrected chi connectivity index (χ0v) is 11.1. The van der Waals surface area contributed by atoms with Gasteiger partial charge in [0.1, 0.15) is 5.82 Å². The molecular formula is C12H14FN3O2S. The van der Waals surface area contributed by atoms with Gasteiger partial charge in [-0.3, -0.25) is 5.10 Å². The van der Waals surface area contributed by atoms with E-state index in [-0.39, 0.29) is 16.9 Å². The van der Waals surface area contributed by atoms with Crippen molar-refractivity contribution in [2.45, 2.75) is 24.4 Å². The van der Waals surface area contributed by atoms with Gasteiger partial charge in [-0.05, 0) is 37.1 Å². The summed E-state index contributed by atoms with van der Waals surface area (Å²) >= 11 is 0. The van der Waals surface area contributed by atoms with Crippen molar-refractivity contribution in [3.05, 3.63) is 47.9 Å². The van der Waals surface area contributed by atoms with Crippen molar-refractivity contribution in [3.63, 3.8) is 0 Å². The summed E-state index contributed by atoms with van der Waals surface area (Å²) < 4.78 is 39.1. The van der Waals surface area contributed by atoms with Crippen LogP contribution in [0.3, 0.4) is 0 Å². The Hall–Kier alpha value is -1.73. The fourth-order valence-corrected chi connectivity index (χ4v) is 2.89. The molecule has 1 aromatic carbocycles. The number of hydrogen-bond donors (Lipinski definition) is 2. The second kappa shape index (κ2) is 5.50. The summed E-state index contributed by atoms with van der Waals surface area (Å²) in [7, 11) is -3.59. The summed E-state index contributed by atoms with van der Waals surface area (Å²) in [5, 5.41) is 6.03. The number of aromatic amines is 1. The quantitative estimate of drug-likeness (QED) is 0.872. The van der Waals surface area contributed by atoms with Crippen LogP contribution in [0.15, 0.2) is 41.6 Å². The van der Waals surface area contributed by atoms with Crippen molar-refractivity contribution in [1.29, 1.82) is 0 Å². The number of halogens is 1. The Labute approximate surface area is 110 Å². The average Bonchev–Trinajstić information content (AvgIpc) is 2.85. The lowest BCUT2D eigenvalue weighted by atomic mass is 10.1. The maximum absolute atomic E-state index is 12.8. The van der Waals surface area contributed by atoms with Gasteiger partial charge in [0.15, 0.2) is 5.03 Å². The standard InChI is InChI=1S/C12H14FN3O2S/c1-9(8-10-2-4-11(13)5-3-10)16-19(17,18)12-6-7-14-15-12/h2-7,9,16H,8H2,1H3,(H,14,15). The molecule has 1 atom stereocenters. The molecule has 0 bridgehead atoms. The van der Waals surface area contributed by atoms with Gasteiger partial charge >= 0.3 is 0 Å². The average molecular weight is 283 g/mol. The molecule has 0 fully saturated rings. The highest BCUT2D eigenvalue weighted by Crippen LogP contribution is 2.08. The summed E-state index contributed by atoms with van der Waals surface area (Å²) in [5.74, 6) is -0.311. The molecule has 0 amide bonds. The number of nitrogens with one attached hydrogen (secondary N) is 2. The lowest BCUT2D eigenvalue weighted by Crippen LogP contribution is -2.34. The molecule has 2 N–H and O–H groups in total. The Bertz CT molecular complexity index is 624. The molecule has 19 heavy (non-hydrogen) atoms. The minimum absolute atomic E-state index is 0.0263. The van der Waals surface area contributed by atoms with Gasteiger partial charge in [-0.2, -0.15) is 5.10 Å². The first-order valence-electron chi connectivity index (χ1n) is 5.73. The van der Waals surface area contributed by atoms with E-state index < -0.39 is 10.0 Å². The first-order valence-corrected chi connectivity index (χ1v) is 7.22. The van der Waals surface area contributed by atoms with Crippen molar-refractivity contribution in [3.8, 4) is 0 Å². The summed E-state index contributed by atoms with van der Waals surface area (Å²) in [5.41, 5.74) is 0.862. The maximum atomic E-state index is 12.8. The fourth-order valence-electron chi connectivity index (χ4n) is 1.74. The lowest BCUT2D eigenvalue weighted by Gasteiger charge is -2.13. The Balaban J connectivity index is 2.02. The van der Waals surface area contributed by atoms with Gasteiger partial charge in [-0.25, -0.2) is 17.5 Å². The number of hydrogen-bond acceptors (Lipinski definition) is 3. The van der Waals surface area contributed by atoms with E-state index >= 15 is 0 Å². The van der Waals surface area contributed by atoms with E-state index in [9.17, 15) is 12.8 Å². The van der Waals surface area contributed by atoms with Crippen molar-refractivity contribution in [1.82, 2.24) is 14.9 Å². The van der Waals surface area contributed by atoms with E-state index in [1.807, 2.05) is 0 Å². The van der Waals surface area contributed by atoms with Crippen LogP contribution in [-0.2, 0) is 16.4 Å². The van der Waals surface area contributed by atoms with E-state index in [2.05, 4.69) is 14.9 Å². The topological polar surface area (TPSA) is 74.8 Å². The maximum Gasteiger partial charge on any atom is 0.257 e. The minimum atomic E-state index is -3.59. The van der Waals surface area contributed by atoms with E-state index in [0.717, 1.165) is 5.56 Å². The molecule has 1 unspecified atom stereocenters. The molecule has 0 aliphatic heterocycles. The van der Waals surface area contributed by atoms with Crippen LogP contribution in [0.1, 0.15) is 12.5 Å². The van der Waals surface area contributed by atoms with Gasteiger partial charge in [-0.15, -0.1) is 0 Å². The van der Waals surface area contributed by atoms with Crippen LogP contribution in [-0.4, -0.2) is 24.7 Å².